The van der Waals surface area contributed by atoms with E-state index in [0.717, 1.165) is 6.54 Å². The van der Waals surface area contributed by atoms with Crippen LogP contribution in [-0.4, -0.2) is 35.9 Å². The van der Waals surface area contributed by atoms with E-state index in [2.05, 4.69) is 18.7 Å². The highest BCUT2D eigenvalue weighted by molar-refractivity contribution is 5.96. The Morgan fingerprint density at radius 2 is 2.10 bits per heavy atom. The average molecular weight is 275 g/mol. The van der Waals surface area contributed by atoms with Crippen molar-refractivity contribution < 1.29 is 9.53 Å². The van der Waals surface area contributed by atoms with Crippen LogP contribution in [0.4, 0.5) is 0 Å². The number of ketones is 1. The molecule has 110 valence electrons. The van der Waals surface area contributed by atoms with Gasteiger partial charge in [0.2, 0.25) is 0 Å². The number of rotatable bonds is 6. The van der Waals surface area contributed by atoms with Crippen LogP contribution < -0.4 is 4.74 Å². The smallest absolute Gasteiger partial charge is 0.163 e. The third-order valence-corrected chi connectivity index (χ3v) is 4.30. The van der Waals surface area contributed by atoms with Crippen molar-refractivity contribution in [2.75, 3.05) is 13.2 Å². The number of hydrogen-bond acceptors (Lipinski definition) is 3. The summed E-state index contributed by atoms with van der Waals surface area (Å²) >= 11 is 0. The molecule has 0 aromatic heterocycles. The van der Waals surface area contributed by atoms with Gasteiger partial charge in [0.1, 0.15) is 12.4 Å². The van der Waals surface area contributed by atoms with Gasteiger partial charge in [-0.2, -0.15) is 0 Å². The molecule has 1 aromatic rings. The fourth-order valence-corrected chi connectivity index (χ4v) is 3.11. The van der Waals surface area contributed by atoms with Crippen LogP contribution in [0.3, 0.4) is 0 Å². The number of benzene rings is 1. The first-order valence-electron chi connectivity index (χ1n) is 7.62. The number of likely N-dealkylation sites (tertiary alicyclic amines) is 1. The van der Waals surface area contributed by atoms with Crippen LogP contribution >= 0.6 is 0 Å². The monoisotopic (exact) mass is 275 g/mol. The topological polar surface area (TPSA) is 29.5 Å². The van der Waals surface area contributed by atoms with Gasteiger partial charge in [0.15, 0.2) is 5.78 Å². The van der Waals surface area contributed by atoms with Crippen LogP contribution in [0.15, 0.2) is 24.3 Å². The summed E-state index contributed by atoms with van der Waals surface area (Å²) in [6.07, 6.45) is 3.78. The van der Waals surface area contributed by atoms with Crippen molar-refractivity contribution in [1.29, 1.82) is 0 Å². The first-order valence-corrected chi connectivity index (χ1v) is 7.62. The normalized spacial score (nSPS) is 22.9. The molecule has 0 aliphatic carbocycles. The summed E-state index contributed by atoms with van der Waals surface area (Å²) in [5.41, 5.74) is 0.675. The standard InChI is InChI=1S/C17H25NO2/c1-4-15-10-9-13(2)18(15)11-12-20-17-8-6-5-7-16(17)14(3)19/h5-8,13,15H,4,9-12H2,1-3H3. The van der Waals surface area contributed by atoms with E-state index in [1.807, 2.05) is 24.3 Å². The predicted molar refractivity (Wildman–Crippen MR) is 81.4 cm³/mol. The summed E-state index contributed by atoms with van der Waals surface area (Å²) in [6, 6.07) is 8.82. The second-order valence-electron chi connectivity index (χ2n) is 5.63. The molecule has 3 heteroatoms. The molecule has 0 radical (unpaired) electrons. The molecular weight excluding hydrogens is 250 g/mol. The van der Waals surface area contributed by atoms with Gasteiger partial charge in [-0.3, -0.25) is 9.69 Å². The summed E-state index contributed by atoms with van der Waals surface area (Å²) in [4.78, 5) is 14.1. The molecule has 2 unspecified atom stereocenters. The molecule has 0 saturated carbocycles. The Labute approximate surface area is 121 Å². The summed E-state index contributed by atoms with van der Waals surface area (Å²) in [5.74, 6) is 0.765. The van der Waals surface area contributed by atoms with Gasteiger partial charge < -0.3 is 4.74 Å². The Kier molecular flexibility index (Phi) is 5.18. The van der Waals surface area contributed by atoms with Crippen molar-refractivity contribution in [1.82, 2.24) is 4.90 Å². The second-order valence-corrected chi connectivity index (χ2v) is 5.63. The number of carbonyl (C=O) groups excluding carboxylic acids is 1. The molecule has 3 nitrogen and oxygen atoms in total. The van der Waals surface area contributed by atoms with E-state index >= 15 is 0 Å². The fraction of sp³-hybridized carbons (Fsp3) is 0.588. The van der Waals surface area contributed by atoms with E-state index in [-0.39, 0.29) is 5.78 Å². The van der Waals surface area contributed by atoms with Crippen LogP contribution in [0, 0.1) is 0 Å². The molecule has 1 aliphatic rings. The van der Waals surface area contributed by atoms with Gasteiger partial charge in [0, 0.05) is 18.6 Å². The van der Waals surface area contributed by atoms with Crippen LogP contribution in [0.2, 0.25) is 0 Å². The van der Waals surface area contributed by atoms with Crippen molar-refractivity contribution in [3.05, 3.63) is 29.8 Å². The number of ether oxygens (including phenoxy) is 1. The quantitative estimate of drug-likeness (QED) is 0.744. The summed E-state index contributed by atoms with van der Waals surface area (Å²) in [6.45, 7) is 7.70. The molecule has 0 spiro atoms. The highest BCUT2D eigenvalue weighted by atomic mass is 16.5. The molecule has 0 bridgehead atoms. The number of para-hydroxylation sites is 1. The fourth-order valence-electron chi connectivity index (χ4n) is 3.11. The van der Waals surface area contributed by atoms with Crippen LogP contribution in [0.25, 0.3) is 0 Å². The van der Waals surface area contributed by atoms with Gasteiger partial charge in [0.05, 0.1) is 5.56 Å². The van der Waals surface area contributed by atoms with Gasteiger partial charge in [-0.15, -0.1) is 0 Å². The lowest BCUT2D eigenvalue weighted by molar-refractivity contribution is 0.101. The molecule has 1 fully saturated rings. The maximum Gasteiger partial charge on any atom is 0.163 e. The van der Waals surface area contributed by atoms with E-state index in [1.165, 1.54) is 19.3 Å². The summed E-state index contributed by atoms with van der Waals surface area (Å²) in [7, 11) is 0. The Hall–Kier alpha value is -1.35. The number of hydrogen-bond donors (Lipinski definition) is 0. The number of Topliss-reactive ketones (excluding diaryl/α,β-unsaturated/α-hetero) is 1. The van der Waals surface area contributed by atoms with Crippen molar-refractivity contribution in [2.24, 2.45) is 0 Å². The zero-order chi connectivity index (χ0) is 14.5. The number of carbonyl (C=O) groups is 1. The minimum Gasteiger partial charge on any atom is -0.491 e. The average Bonchev–Trinajstić information content (AvgIpc) is 2.80. The number of nitrogens with zero attached hydrogens (tertiary/aromatic N) is 1. The van der Waals surface area contributed by atoms with Gasteiger partial charge in [0.25, 0.3) is 0 Å². The minimum atomic E-state index is 0.0570. The van der Waals surface area contributed by atoms with Gasteiger partial charge in [-0.05, 0) is 45.2 Å². The molecule has 1 saturated heterocycles. The van der Waals surface area contributed by atoms with E-state index in [9.17, 15) is 4.79 Å². The predicted octanol–water partition coefficient (Wildman–Crippen LogP) is 3.53. The zero-order valence-corrected chi connectivity index (χ0v) is 12.8. The van der Waals surface area contributed by atoms with E-state index in [1.54, 1.807) is 6.92 Å². The first kappa shape index (κ1) is 15.0. The van der Waals surface area contributed by atoms with Crippen molar-refractivity contribution >= 4 is 5.78 Å². The SMILES string of the molecule is CCC1CCC(C)N1CCOc1ccccc1C(C)=O. The highest BCUT2D eigenvalue weighted by Gasteiger charge is 2.28. The maximum absolute atomic E-state index is 11.5. The van der Waals surface area contributed by atoms with Gasteiger partial charge in [-0.1, -0.05) is 19.1 Å². The van der Waals surface area contributed by atoms with E-state index < -0.39 is 0 Å². The molecule has 0 N–H and O–H groups in total. The Bertz CT molecular complexity index is 458. The molecule has 20 heavy (non-hydrogen) atoms. The van der Waals surface area contributed by atoms with Gasteiger partial charge >= 0.3 is 0 Å². The lowest BCUT2D eigenvalue weighted by atomic mass is 10.1. The minimum absolute atomic E-state index is 0.0570. The highest BCUT2D eigenvalue weighted by Crippen LogP contribution is 2.25. The Morgan fingerprint density at radius 1 is 1.35 bits per heavy atom. The summed E-state index contributed by atoms with van der Waals surface area (Å²) < 4.78 is 5.84. The molecule has 1 aromatic carbocycles. The van der Waals surface area contributed by atoms with Gasteiger partial charge in [-0.25, -0.2) is 0 Å². The third-order valence-electron chi connectivity index (χ3n) is 4.30. The lowest BCUT2D eigenvalue weighted by Gasteiger charge is -2.27. The second kappa shape index (κ2) is 6.89. The third kappa shape index (κ3) is 3.40. The largest absolute Gasteiger partial charge is 0.491 e. The Morgan fingerprint density at radius 3 is 2.80 bits per heavy atom. The van der Waals surface area contributed by atoms with Crippen molar-refractivity contribution in [3.8, 4) is 5.75 Å². The molecule has 0 amide bonds. The molecule has 2 rings (SSSR count). The molecule has 2 atom stereocenters. The van der Waals surface area contributed by atoms with Crippen LogP contribution in [-0.2, 0) is 0 Å². The van der Waals surface area contributed by atoms with Crippen molar-refractivity contribution in [2.45, 2.75) is 52.1 Å². The van der Waals surface area contributed by atoms with Crippen molar-refractivity contribution in [3.63, 3.8) is 0 Å². The van der Waals surface area contributed by atoms with Crippen LogP contribution in [0.5, 0.6) is 5.75 Å². The zero-order valence-electron chi connectivity index (χ0n) is 12.8. The first-order chi connectivity index (χ1) is 9.63. The molecular formula is C17H25NO2. The lowest BCUT2D eigenvalue weighted by Crippen LogP contribution is -2.37. The van der Waals surface area contributed by atoms with E-state index in [4.69, 9.17) is 4.74 Å². The molecule has 1 heterocycles. The van der Waals surface area contributed by atoms with Crippen LogP contribution in [0.1, 0.15) is 50.4 Å². The maximum atomic E-state index is 11.5. The molecule has 1 aliphatic heterocycles. The summed E-state index contributed by atoms with van der Waals surface area (Å²) in [5, 5.41) is 0. The van der Waals surface area contributed by atoms with E-state index in [0.29, 0.717) is 30.0 Å². The Balaban J connectivity index is 1.91.